The van der Waals surface area contributed by atoms with E-state index in [9.17, 15) is 4.79 Å². The predicted molar refractivity (Wildman–Crippen MR) is 74.8 cm³/mol. The van der Waals surface area contributed by atoms with E-state index in [0.717, 1.165) is 30.8 Å². The van der Waals surface area contributed by atoms with Gasteiger partial charge in [0.15, 0.2) is 0 Å². The molecule has 0 N–H and O–H groups in total. The van der Waals surface area contributed by atoms with Gasteiger partial charge >= 0.3 is 0 Å². The van der Waals surface area contributed by atoms with E-state index in [-0.39, 0.29) is 5.56 Å². The van der Waals surface area contributed by atoms with Crippen molar-refractivity contribution in [3.8, 4) is 5.75 Å². The fraction of sp³-hybridized carbons (Fsp3) is 0.312. The molecular formula is C16H17NO2. The van der Waals surface area contributed by atoms with E-state index in [1.807, 2.05) is 22.8 Å². The monoisotopic (exact) mass is 255 g/mol. The Morgan fingerprint density at radius 3 is 2.68 bits per heavy atom. The Kier molecular flexibility index (Phi) is 3.11. The van der Waals surface area contributed by atoms with E-state index >= 15 is 0 Å². The third-order valence-corrected chi connectivity index (χ3v) is 3.88. The van der Waals surface area contributed by atoms with Crippen LogP contribution in [-0.4, -0.2) is 11.7 Å². The fourth-order valence-electron chi connectivity index (χ4n) is 2.80. The molecule has 0 amide bonds. The molecule has 1 aromatic carbocycles. The van der Waals surface area contributed by atoms with Crippen molar-refractivity contribution < 1.29 is 4.74 Å². The summed E-state index contributed by atoms with van der Waals surface area (Å²) in [6.45, 7) is 0.811. The zero-order valence-corrected chi connectivity index (χ0v) is 11.0. The molecule has 0 spiro atoms. The molecule has 98 valence electrons. The predicted octanol–water partition coefficient (Wildman–Crippen LogP) is 2.59. The highest BCUT2D eigenvalue weighted by atomic mass is 16.5. The minimum atomic E-state index is 0.116. The summed E-state index contributed by atoms with van der Waals surface area (Å²) in [7, 11) is 1.68. The summed E-state index contributed by atoms with van der Waals surface area (Å²) in [5.41, 5.74) is 2.58. The molecule has 0 radical (unpaired) electrons. The lowest BCUT2D eigenvalue weighted by Gasteiger charge is -2.26. The van der Waals surface area contributed by atoms with Gasteiger partial charge in [0.25, 0.3) is 5.56 Å². The molecule has 0 saturated carbocycles. The second-order valence-corrected chi connectivity index (χ2v) is 4.97. The topological polar surface area (TPSA) is 31.2 Å². The molecule has 0 aliphatic carbocycles. The van der Waals surface area contributed by atoms with Crippen LogP contribution in [0.3, 0.4) is 0 Å². The van der Waals surface area contributed by atoms with Crippen molar-refractivity contribution in [3.05, 3.63) is 64.1 Å². The van der Waals surface area contributed by atoms with Gasteiger partial charge in [-0.3, -0.25) is 4.79 Å². The van der Waals surface area contributed by atoms with Crippen molar-refractivity contribution in [3.63, 3.8) is 0 Å². The van der Waals surface area contributed by atoms with Gasteiger partial charge in [0.05, 0.1) is 7.11 Å². The quantitative estimate of drug-likeness (QED) is 0.826. The van der Waals surface area contributed by atoms with E-state index in [1.54, 1.807) is 13.2 Å². The molecule has 1 aromatic heterocycles. The first-order valence-electron chi connectivity index (χ1n) is 6.60. The number of pyridine rings is 1. The number of aromatic nitrogens is 1. The maximum atomic E-state index is 11.7. The lowest BCUT2D eigenvalue weighted by molar-refractivity contribution is 0.413. The molecule has 3 rings (SSSR count). The van der Waals surface area contributed by atoms with Gasteiger partial charge < -0.3 is 9.30 Å². The summed E-state index contributed by atoms with van der Waals surface area (Å²) < 4.78 is 7.07. The molecule has 3 nitrogen and oxygen atoms in total. The summed E-state index contributed by atoms with van der Waals surface area (Å²) in [6.07, 6.45) is 1.95. The van der Waals surface area contributed by atoms with Crippen molar-refractivity contribution in [1.82, 2.24) is 4.57 Å². The van der Waals surface area contributed by atoms with Gasteiger partial charge in [-0.1, -0.05) is 18.2 Å². The van der Waals surface area contributed by atoms with Crippen molar-refractivity contribution >= 4 is 0 Å². The number of fused-ring (bicyclic) bond motifs is 1. The van der Waals surface area contributed by atoms with Gasteiger partial charge in [-0.2, -0.15) is 0 Å². The molecule has 1 atom stereocenters. The first-order valence-corrected chi connectivity index (χ1v) is 6.60. The normalized spacial score (nSPS) is 17.8. The Hall–Kier alpha value is -2.03. The smallest absolute Gasteiger partial charge is 0.250 e. The third-order valence-electron chi connectivity index (χ3n) is 3.88. The van der Waals surface area contributed by atoms with Gasteiger partial charge in [-0.15, -0.1) is 0 Å². The molecule has 19 heavy (non-hydrogen) atoms. The Labute approximate surface area is 112 Å². The Bertz CT molecular complexity index is 628. The second-order valence-electron chi connectivity index (χ2n) is 4.97. The number of rotatable bonds is 2. The van der Waals surface area contributed by atoms with Crippen molar-refractivity contribution in [2.45, 2.75) is 25.3 Å². The first-order chi connectivity index (χ1) is 9.28. The highest BCUT2D eigenvalue weighted by molar-refractivity contribution is 5.30. The van der Waals surface area contributed by atoms with Gasteiger partial charge in [0.2, 0.25) is 0 Å². The number of nitrogens with zero attached hydrogens (tertiary/aromatic N) is 1. The number of methoxy groups -OCH3 is 1. The maximum absolute atomic E-state index is 11.7. The van der Waals surface area contributed by atoms with Gasteiger partial charge in [-0.25, -0.2) is 0 Å². The SMILES string of the molecule is COc1ccc([C@@H]2CCn3c(cccc3=O)C2)cc1. The maximum Gasteiger partial charge on any atom is 0.250 e. The van der Waals surface area contributed by atoms with Crippen molar-refractivity contribution in [1.29, 1.82) is 0 Å². The average molecular weight is 255 g/mol. The highest BCUT2D eigenvalue weighted by Gasteiger charge is 2.20. The summed E-state index contributed by atoms with van der Waals surface area (Å²) in [5.74, 6) is 1.38. The molecule has 1 aliphatic heterocycles. The van der Waals surface area contributed by atoms with E-state index < -0.39 is 0 Å². The van der Waals surface area contributed by atoms with Crippen LogP contribution >= 0.6 is 0 Å². The number of benzene rings is 1. The van der Waals surface area contributed by atoms with E-state index in [2.05, 4.69) is 18.2 Å². The Balaban J connectivity index is 1.87. The first kappa shape index (κ1) is 12.0. The zero-order valence-electron chi connectivity index (χ0n) is 11.0. The number of hydrogen-bond acceptors (Lipinski definition) is 2. The molecule has 0 bridgehead atoms. The molecule has 0 saturated heterocycles. The summed E-state index contributed by atoms with van der Waals surface area (Å²) in [6, 6.07) is 13.8. The van der Waals surface area contributed by atoms with Crippen LogP contribution in [0.25, 0.3) is 0 Å². The van der Waals surface area contributed by atoms with Gasteiger partial charge in [-0.05, 0) is 42.5 Å². The largest absolute Gasteiger partial charge is 0.497 e. The summed E-state index contributed by atoms with van der Waals surface area (Å²) in [4.78, 5) is 11.7. The lowest BCUT2D eigenvalue weighted by atomic mass is 9.88. The van der Waals surface area contributed by atoms with Crippen molar-refractivity contribution in [2.24, 2.45) is 0 Å². The standard InChI is InChI=1S/C16H17NO2/c1-19-15-7-5-12(6-8-15)13-9-10-17-14(11-13)3-2-4-16(17)18/h2-8,13H,9-11H2,1H3/t13-/m1/s1. The molecule has 1 aliphatic rings. The second kappa shape index (κ2) is 4.92. The highest BCUT2D eigenvalue weighted by Crippen LogP contribution is 2.29. The molecule has 2 heterocycles. The average Bonchev–Trinajstić information content (AvgIpc) is 2.47. The van der Waals surface area contributed by atoms with Crippen LogP contribution in [0.15, 0.2) is 47.3 Å². The van der Waals surface area contributed by atoms with E-state index in [1.165, 1.54) is 5.56 Å². The molecule has 2 aromatic rings. The van der Waals surface area contributed by atoms with Crippen LogP contribution in [0.1, 0.15) is 23.6 Å². The number of hydrogen-bond donors (Lipinski definition) is 0. The van der Waals surface area contributed by atoms with Gasteiger partial charge in [0, 0.05) is 18.3 Å². The van der Waals surface area contributed by atoms with Crippen LogP contribution in [0, 0.1) is 0 Å². The van der Waals surface area contributed by atoms with E-state index in [4.69, 9.17) is 4.74 Å². The van der Waals surface area contributed by atoms with Crippen LogP contribution in [0.2, 0.25) is 0 Å². The molecule has 0 unspecified atom stereocenters. The Morgan fingerprint density at radius 2 is 1.95 bits per heavy atom. The van der Waals surface area contributed by atoms with Crippen LogP contribution in [0.5, 0.6) is 5.75 Å². The summed E-state index contributed by atoms with van der Waals surface area (Å²) >= 11 is 0. The third kappa shape index (κ3) is 2.28. The minimum Gasteiger partial charge on any atom is -0.497 e. The van der Waals surface area contributed by atoms with Crippen LogP contribution < -0.4 is 10.3 Å². The fourth-order valence-corrected chi connectivity index (χ4v) is 2.80. The summed E-state index contributed by atoms with van der Waals surface area (Å²) in [5, 5.41) is 0. The van der Waals surface area contributed by atoms with Gasteiger partial charge in [0.1, 0.15) is 5.75 Å². The Morgan fingerprint density at radius 1 is 1.16 bits per heavy atom. The van der Waals surface area contributed by atoms with E-state index in [0.29, 0.717) is 5.92 Å². The molecule has 0 fully saturated rings. The van der Waals surface area contributed by atoms with Crippen molar-refractivity contribution in [2.75, 3.05) is 7.11 Å². The zero-order chi connectivity index (χ0) is 13.2. The van der Waals surface area contributed by atoms with Crippen LogP contribution in [-0.2, 0) is 13.0 Å². The molecular weight excluding hydrogens is 238 g/mol. The minimum absolute atomic E-state index is 0.116. The lowest BCUT2D eigenvalue weighted by Crippen LogP contribution is -2.28. The number of ether oxygens (including phenoxy) is 1. The van der Waals surface area contributed by atoms with Crippen LogP contribution in [0.4, 0.5) is 0 Å². The molecule has 3 heteroatoms.